The number of hydrogen-bond donors (Lipinski definition) is 3. The number of carbonyl (C=O) groups excluding carboxylic acids is 3. The monoisotopic (exact) mass is 531 g/mol. The summed E-state index contributed by atoms with van der Waals surface area (Å²) in [6.45, 7) is 5.82. The minimum Gasteiger partial charge on any atom is -0.478 e. The van der Waals surface area contributed by atoms with E-state index in [2.05, 4.69) is 38.1 Å². The molecule has 1 aliphatic heterocycles. The second-order valence-corrected chi connectivity index (χ2v) is 9.25. The third-order valence-electron chi connectivity index (χ3n) is 5.22. The molecule has 0 unspecified atom stereocenters. The van der Waals surface area contributed by atoms with Gasteiger partial charge in [0.1, 0.15) is 17.0 Å². The zero-order valence-corrected chi connectivity index (χ0v) is 21.1. The van der Waals surface area contributed by atoms with E-state index in [4.69, 9.17) is 26.3 Å². The molecular formula is C24H26ClN5O5S. The zero-order chi connectivity index (χ0) is 26.5. The lowest BCUT2D eigenvalue weighted by Crippen LogP contribution is -2.38. The fourth-order valence-corrected chi connectivity index (χ4v) is 4.64. The lowest BCUT2D eigenvalue weighted by atomic mass is 10.0. The molecule has 3 heterocycles. The summed E-state index contributed by atoms with van der Waals surface area (Å²) in [6, 6.07) is 10.2. The number of carboxylic acid groups (broad SMARTS) is 1. The van der Waals surface area contributed by atoms with Crippen LogP contribution in [0, 0.1) is 0 Å². The first kappa shape index (κ1) is 28.6. The van der Waals surface area contributed by atoms with Crippen LogP contribution in [0.1, 0.15) is 28.8 Å². The normalized spacial score (nSPS) is 13.3. The molecule has 0 aliphatic carbocycles. The molecular weight excluding hydrogens is 506 g/mol. The second kappa shape index (κ2) is 14.7. The van der Waals surface area contributed by atoms with E-state index in [0.717, 1.165) is 64.5 Å². The van der Waals surface area contributed by atoms with Crippen molar-refractivity contribution in [2.45, 2.75) is 25.4 Å². The highest BCUT2D eigenvalue weighted by atomic mass is 35.5. The highest BCUT2D eigenvalue weighted by Crippen LogP contribution is 2.32. The number of fused-ring (bicyclic) bond motifs is 1. The maximum atomic E-state index is 11.8. The van der Waals surface area contributed by atoms with Gasteiger partial charge in [-0.2, -0.15) is 9.59 Å². The van der Waals surface area contributed by atoms with Crippen LogP contribution in [0.5, 0.6) is 0 Å². The molecule has 4 rings (SSSR count). The quantitative estimate of drug-likeness (QED) is 0.407. The molecule has 1 aliphatic rings. The summed E-state index contributed by atoms with van der Waals surface area (Å²) < 4.78 is 0.729. The minimum absolute atomic E-state index is 0.0468. The van der Waals surface area contributed by atoms with E-state index < -0.39 is 5.97 Å². The summed E-state index contributed by atoms with van der Waals surface area (Å²) in [5.41, 5.74) is 1.87. The number of nitrogens with zero attached hydrogens (tertiary/aromatic N) is 3. The van der Waals surface area contributed by atoms with E-state index in [1.807, 2.05) is 24.3 Å². The lowest BCUT2D eigenvalue weighted by molar-refractivity contribution is -0.191. The van der Waals surface area contributed by atoms with E-state index in [0.29, 0.717) is 11.6 Å². The van der Waals surface area contributed by atoms with Gasteiger partial charge in [0.2, 0.25) is 0 Å². The summed E-state index contributed by atoms with van der Waals surface area (Å²) >= 11 is 7.60. The first-order valence-corrected chi connectivity index (χ1v) is 12.0. The first-order valence-electron chi connectivity index (χ1n) is 10.9. The molecule has 0 radical (unpaired) electrons. The Kier molecular flexibility index (Phi) is 11.7. The van der Waals surface area contributed by atoms with Crippen LogP contribution in [-0.4, -0.2) is 64.2 Å². The molecule has 12 heteroatoms. The maximum absolute atomic E-state index is 11.8. The van der Waals surface area contributed by atoms with Crippen molar-refractivity contribution in [2.75, 3.05) is 25.5 Å². The van der Waals surface area contributed by atoms with Crippen LogP contribution in [0.3, 0.4) is 0 Å². The first-order chi connectivity index (χ1) is 17.3. The third kappa shape index (κ3) is 8.86. The van der Waals surface area contributed by atoms with Crippen LogP contribution in [-0.2, 0) is 20.9 Å². The van der Waals surface area contributed by atoms with E-state index >= 15 is 0 Å². The Balaban J connectivity index is 0.000000501. The van der Waals surface area contributed by atoms with Crippen molar-refractivity contribution in [2.24, 2.45) is 0 Å². The van der Waals surface area contributed by atoms with Gasteiger partial charge in [0.15, 0.2) is 0 Å². The van der Waals surface area contributed by atoms with Crippen molar-refractivity contribution >= 4 is 57.0 Å². The number of anilines is 1. The number of thiophene rings is 1. The number of likely N-dealkylation sites (tertiary alicyclic amines) is 1. The van der Waals surface area contributed by atoms with Gasteiger partial charge >= 0.3 is 12.1 Å². The predicted molar refractivity (Wildman–Crippen MR) is 137 cm³/mol. The van der Waals surface area contributed by atoms with Crippen molar-refractivity contribution in [1.29, 1.82) is 0 Å². The molecule has 0 atom stereocenters. The number of aliphatic carboxylic acids is 1. The molecule has 3 aromatic rings. The smallest absolute Gasteiger partial charge is 0.373 e. The van der Waals surface area contributed by atoms with E-state index in [1.54, 1.807) is 13.4 Å². The van der Waals surface area contributed by atoms with Gasteiger partial charge in [0.05, 0.1) is 9.72 Å². The number of halogens is 1. The molecule has 0 bridgehead atoms. The van der Waals surface area contributed by atoms with Crippen LogP contribution in [0.15, 0.2) is 49.3 Å². The number of rotatable bonds is 6. The van der Waals surface area contributed by atoms with Crippen LogP contribution >= 0.6 is 22.9 Å². The fourth-order valence-electron chi connectivity index (χ4n) is 3.58. The number of piperidine rings is 1. The van der Waals surface area contributed by atoms with Gasteiger partial charge in [-0.1, -0.05) is 30.3 Å². The molecule has 1 aromatic carbocycles. The summed E-state index contributed by atoms with van der Waals surface area (Å²) in [4.78, 5) is 49.4. The molecule has 0 spiro atoms. The molecule has 1 amide bonds. The van der Waals surface area contributed by atoms with Crippen molar-refractivity contribution in [1.82, 2.24) is 20.2 Å². The van der Waals surface area contributed by atoms with Crippen LogP contribution in [0.4, 0.5) is 5.82 Å². The highest BCUT2D eigenvalue weighted by molar-refractivity contribution is 7.22. The number of aromatic nitrogens is 2. The standard InChI is InChI=1S/C20H22ClN5OS.C3H4O2.CO2/c1-22-19(27)14-4-2-3-13(9-14)11-26-7-5-15(6-8-26)25-18-16-10-17(21)28-20(16)24-12-23-18;1-2-3(4)5;2-1-3/h2-4,9-10,12,15H,5-8,11H2,1H3,(H,22,27)(H,23,24,25);2H,1H2,(H,4,5);. The summed E-state index contributed by atoms with van der Waals surface area (Å²) in [7, 11) is 1.66. The van der Waals surface area contributed by atoms with Crippen molar-refractivity contribution in [3.63, 3.8) is 0 Å². The average Bonchev–Trinajstić information content (AvgIpc) is 3.27. The van der Waals surface area contributed by atoms with E-state index in [-0.39, 0.29) is 12.1 Å². The number of hydrogen-bond acceptors (Lipinski definition) is 9. The average molecular weight is 532 g/mol. The van der Waals surface area contributed by atoms with Gasteiger partial charge in [-0.25, -0.2) is 14.8 Å². The Bertz CT molecular complexity index is 1220. The Morgan fingerprint density at radius 2 is 1.94 bits per heavy atom. The van der Waals surface area contributed by atoms with Crippen molar-refractivity contribution in [3.8, 4) is 0 Å². The van der Waals surface area contributed by atoms with Crippen LogP contribution in [0.2, 0.25) is 4.34 Å². The van der Waals surface area contributed by atoms with Gasteiger partial charge in [-0.3, -0.25) is 9.69 Å². The SMILES string of the molecule is C=CC(=O)O.CNC(=O)c1cccc(CN2CCC(Nc3ncnc4sc(Cl)cc34)CC2)c1.O=C=O. The van der Waals surface area contributed by atoms with E-state index in [1.165, 1.54) is 11.3 Å². The third-order valence-corrected chi connectivity index (χ3v) is 6.40. The molecule has 36 heavy (non-hydrogen) atoms. The minimum atomic E-state index is -0.981. The van der Waals surface area contributed by atoms with Gasteiger partial charge in [-0.05, 0) is 36.6 Å². The lowest BCUT2D eigenvalue weighted by Gasteiger charge is -2.32. The number of carboxylic acids is 1. The second-order valence-electron chi connectivity index (χ2n) is 7.59. The van der Waals surface area contributed by atoms with Crippen molar-refractivity contribution in [3.05, 3.63) is 64.8 Å². The molecule has 0 saturated carbocycles. The van der Waals surface area contributed by atoms with Crippen molar-refractivity contribution < 1.29 is 24.3 Å². The molecule has 10 nitrogen and oxygen atoms in total. The summed E-state index contributed by atoms with van der Waals surface area (Å²) in [5.74, 6) is -0.163. The Hall–Kier alpha value is -3.63. The Morgan fingerprint density at radius 1 is 1.28 bits per heavy atom. The molecule has 1 saturated heterocycles. The topological polar surface area (TPSA) is 142 Å². The summed E-state index contributed by atoms with van der Waals surface area (Å²) in [5, 5.41) is 14.8. The van der Waals surface area contributed by atoms with Gasteiger partial charge in [0.25, 0.3) is 5.91 Å². The maximum Gasteiger partial charge on any atom is 0.373 e. The van der Waals surface area contributed by atoms with Gasteiger partial charge < -0.3 is 15.7 Å². The highest BCUT2D eigenvalue weighted by Gasteiger charge is 2.21. The van der Waals surface area contributed by atoms with Crippen LogP contribution in [0.25, 0.3) is 10.2 Å². The molecule has 3 N–H and O–H groups in total. The zero-order valence-electron chi connectivity index (χ0n) is 19.6. The van der Waals surface area contributed by atoms with E-state index in [9.17, 15) is 9.59 Å². The van der Waals surface area contributed by atoms with Gasteiger partial charge in [0, 0.05) is 44.4 Å². The Labute approximate surface area is 217 Å². The number of amides is 1. The number of nitrogens with one attached hydrogen (secondary N) is 2. The van der Waals surface area contributed by atoms with Crippen LogP contribution < -0.4 is 10.6 Å². The number of carbonyl (C=O) groups is 2. The van der Waals surface area contributed by atoms with Gasteiger partial charge in [-0.15, -0.1) is 11.3 Å². The molecule has 2 aromatic heterocycles. The fraction of sp³-hybridized carbons (Fsp3) is 0.292. The largest absolute Gasteiger partial charge is 0.478 e. The Morgan fingerprint density at radius 3 is 2.56 bits per heavy atom. The predicted octanol–water partition coefficient (Wildman–Crippen LogP) is 3.45. The molecule has 1 fully saturated rings. The summed E-state index contributed by atoms with van der Waals surface area (Å²) in [6.07, 6.45) is 4.75. The number of benzene rings is 1. The molecule has 190 valence electrons.